The highest BCUT2D eigenvalue weighted by atomic mass is 35.5. The molecular formula is C23H27ClN2O5. The Balaban J connectivity index is 1.59. The number of benzene rings is 2. The third-order valence-electron chi connectivity index (χ3n) is 5.42. The van der Waals surface area contributed by atoms with Gasteiger partial charge < -0.3 is 19.9 Å². The molecule has 3 rings (SSSR count). The molecule has 0 spiro atoms. The summed E-state index contributed by atoms with van der Waals surface area (Å²) in [4.78, 5) is 24.2. The standard InChI is InChI=1S/C23H27ClN2O5/c1-16(17-5-7-18(8-6-17)21(27)28)26-22(29)23(9-12-30-13-10-23)25-11-14-31-20-4-2-3-19(24)15-20/h2-8,15-16,25H,9-14H2,1H3,(H,26,29)(H,27,28)/t16-/m0/s1. The quantitative estimate of drug-likeness (QED) is 0.510. The van der Waals surface area contributed by atoms with Crippen molar-refractivity contribution in [2.24, 2.45) is 0 Å². The Bertz CT molecular complexity index is 897. The molecule has 0 radical (unpaired) electrons. The fourth-order valence-corrected chi connectivity index (χ4v) is 3.73. The molecule has 8 heteroatoms. The lowest BCUT2D eigenvalue weighted by molar-refractivity contribution is -0.132. The van der Waals surface area contributed by atoms with Crippen molar-refractivity contribution in [1.82, 2.24) is 10.6 Å². The van der Waals surface area contributed by atoms with E-state index in [1.54, 1.807) is 24.3 Å². The number of halogens is 1. The van der Waals surface area contributed by atoms with Crippen molar-refractivity contribution in [3.63, 3.8) is 0 Å². The van der Waals surface area contributed by atoms with Gasteiger partial charge in [0.2, 0.25) is 5.91 Å². The topological polar surface area (TPSA) is 96.9 Å². The lowest BCUT2D eigenvalue weighted by atomic mass is 9.88. The van der Waals surface area contributed by atoms with E-state index >= 15 is 0 Å². The van der Waals surface area contributed by atoms with Gasteiger partial charge in [-0.05, 0) is 55.7 Å². The summed E-state index contributed by atoms with van der Waals surface area (Å²) in [5.41, 5.74) is 0.306. The number of rotatable bonds is 9. The van der Waals surface area contributed by atoms with Crippen molar-refractivity contribution in [3.8, 4) is 5.75 Å². The van der Waals surface area contributed by atoms with Crippen molar-refractivity contribution >= 4 is 23.5 Å². The lowest BCUT2D eigenvalue weighted by Gasteiger charge is -2.37. The summed E-state index contributed by atoms with van der Waals surface area (Å²) < 4.78 is 11.2. The van der Waals surface area contributed by atoms with E-state index in [2.05, 4.69) is 10.6 Å². The minimum Gasteiger partial charge on any atom is -0.492 e. The summed E-state index contributed by atoms with van der Waals surface area (Å²) >= 11 is 5.97. The first-order chi connectivity index (χ1) is 14.9. The van der Waals surface area contributed by atoms with Gasteiger partial charge in [0.05, 0.1) is 11.6 Å². The molecule has 31 heavy (non-hydrogen) atoms. The second-order valence-corrected chi connectivity index (χ2v) is 7.99. The van der Waals surface area contributed by atoms with Crippen LogP contribution in [0.2, 0.25) is 5.02 Å². The first-order valence-corrected chi connectivity index (χ1v) is 10.6. The molecule has 1 saturated heterocycles. The molecule has 0 bridgehead atoms. The molecule has 3 N–H and O–H groups in total. The summed E-state index contributed by atoms with van der Waals surface area (Å²) in [6.45, 7) is 3.75. The fraction of sp³-hybridized carbons (Fsp3) is 0.391. The van der Waals surface area contributed by atoms with E-state index in [1.165, 1.54) is 12.1 Å². The maximum Gasteiger partial charge on any atom is 0.335 e. The van der Waals surface area contributed by atoms with Crippen LogP contribution < -0.4 is 15.4 Å². The number of amides is 1. The summed E-state index contributed by atoms with van der Waals surface area (Å²) in [6, 6.07) is 13.4. The smallest absolute Gasteiger partial charge is 0.335 e. The minimum absolute atomic E-state index is 0.103. The van der Waals surface area contributed by atoms with E-state index in [0.29, 0.717) is 50.0 Å². The Labute approximate surface area is 186 Å². The monoisotopic (exact) mass is 446 g/mol. The van der Waals surface area contributed by atoms with Crippen LogP contribution in [0.4, 0.5) is 0 Å². The molecule has 1 aliphatic rings. The normalized spacial score (nSPS) is 16.3. The Morgan fingerprint density at radius 1 is 1.19 bits per heavy atom. The van der Waals surface area contributed by atoms with Gasteiger partial charge in [-0.15, -0.1) is 0 Å². The van der Waals surface area contributed by atoms with Gasteiger partial charge in [-0.2, -0.15) is 0 Å². The number of carbonyl (C=O) groups excluding carboxylic acids is 1. The predicted octanol–water partition coefficient (Wildman–Crippen LogP) is 3.43. The zero-order chi connectivity index (χ0) is 22.3. The van der Waals surface area contributed by atoms with Gasteiger partial charge in [-0.3, -0.25) is 10.1 Å². The van der Waals surface area contributed by atoms with Crippen LogP contribution in [0.5, 0.6) is 5.75 Å². The van der Waals surface area contributed by atoms with E-state index in [-0.39, 0.29) is 17.5 Å². The fourth-order valence-electron chi connectivity index (χ4n) is 3.55. The van der Waals surface area contributed by atoms with Crippen LogP contribution >= 0.6 is 11.6 Å². The van der Waals surface area contributed by atoms with Crippen LogP contribution in [0.1, 0.15) is 41.7 Å². The second-order valence-electron chi connectivity index (χ2n) is 7.55. The molecule has 1 fully saturated rings. The van der Waals surface area contributed by atoms with Gasteiger partial charge in [0.15, 0.2) is 0 Å². The molecule has 2 aromatic carbocycles. The number of hydrogen-bond acceptors (Lipinski definition) is 5. The molecule has 1 heterocycles. The van der Waals surface area contributed by atoms with Crippen molar-refractivity contribution in [1.29, 1.82) is 0 Å². The Morgan fingerprint density at radius 2 is 1.90 bits per heavy atom. The van der Waals surface area contributed by atoms with Gasteiger partial charge >= 0.3 is 5.97 Å². The molecule has 0 saturated carbocycles. The van der Waals surface area contributed by atoms with E-state index < -0.39 is 11.5 Å². The van der Waals surface area contributed by atoms with Crippen LogP contribution in [0.3, 0.4) is 0 Å². The molecule has 1 atom stereocenters. The van der Waals surface area contributed by atoms with Crippen LogP contribution in [0.15, 0.2) is 48.5 Å². The van der Waals surface area contributed by atoms with Crippen LogP contribution in [0.25, 0.3) is 0 Å². The number of aromatic carboxylic acids is 1. The first kappa shape index (κ1) is 23.1. The molecule has 1 amide bonds. The number of carboxylic acid groups (broad SMARTS) is 1. The Morgan fingerprint density at radius 3 is 2.55 bits per heavy atom. The number of ether oxygens (including phenoxy) is 2. The van der Waals surface area contributed by atoms with Crippen molar-refractivity contribution < 1.29 is 24.2 Å². The maximum absolute atomic E-state index is 13.2. The first-order valence-electron chi connectivity index (χ1n) is 10.2. The third kappa shape index (κ3) is 6.19. The molecule has 7 nitrogen and oxygen atoms in total. The number of carbonyl (C=O) groups is 2. The highest BCUT2D eigenvalue weighted by molar-refractivity contribution is 6.30. The summed E-state index contributed by atoms with van der Waals surface area (Å²) in [6.07, 6.45) is 1.11. The van der Waals surface area contributed by atoms with Gasteiger partial charge in [-0.1, -0.05) is 29.8 Å². The molecular weight excluding hydrogens is 420 g/mol. The van der Waals surface area contributed by atoms with Crippen LogP contribution in [0, 0.1) is 0 Å². The van der Waals surface area contributed by atoms with Gasteiger partial charge in [0, 0.05) is 24.8 Å². The molecule has 1 aliphatic heterocycles. The van der Waals surface area contributed by atoms with Crippen LogP contribution in [-0.2, 0) is 9.53 Å². The zero-order valence-corrected chi connectivity index (χ0v) is 18.2. The average molecular weight is 447 g/mol. The van der Waals surface area contributed by atoms with E-state index in [0.717, 1.165) is 5.56 Å². The van der Waals surface area contributed by atoms with Gasteiger partial charge in [0.1, 0.15) is 17.9 Å². The summed E-state index contributed by atoms with van der Waals surface area (Å²) in [7, 11) is 0. The van der Waals surface area contributed by atoms with E-state index in [4.69, 9.17) is 26.2 Å². The molecule has 2 aromatic rings. The number of carboxylic acids is 1. The summed E-state index contributed by atoms with van der Waals surface area (Å²) in [5, 5.41) is 16.1. The minimum atomic E-state index is -0.978. The second kappa shape index (κ2) is 10.6. The van der Waals surface area contributed by atoms with Gasteiger partial charge in [0.25, 0.3) is 0 Å². The zero-order valence-electron chi connectivity index (χ0n) is 17.4. The number of hydrogen-bond donors (Lipinski definition) is 3. The van der Waals surface area contributed by atoms with Crippen molar-refractivity contribution in [2.75, 3.05) is 26.4 Å². The third-order valence-corrected chi connectivity index (χ3v) is 5.65. The van der Waals surface area contributed by atoms with Crippen molar-refractivity contribution in [2.45, 2.75) is 31.3 Å². The van der Waals surface area contributed by atoms with Crippen LogP contribution in [-0.4, -0.2) is 48.9 Å². The molecule has 0 aromatic heterocycles. The predicted molar refractivity (Wildman–Crippen MR) is 118 cm³/mol. The highest BCUT2D eigenvalue weighted by Crippen LogP contribution is 2.23. The summed E-state index contributed by atoms with van der Waals surface area (Å²) in [5.74, 6) is -0.403. The maximum atomic E-state index is 13.2. The average Bonchev–Trinajstić information content (AvgIpc) is 2.77. The van der Waals surface area contributed by atoms with Gasteiger partial charge in [-0.25, -0.2) is 4.79 Å². The lowest BCUT2D eigenvalue weighted by Crippen LogP contribution is -2.60. The number of nitrogens with one attached hydrogen (secondary N) is 2. The van der Waals surface area contributed by atoms with E-state index in [9.17, 15) is 9.59 Å². The molecule has 0 unspecified atom stereocenters. The van der Waals surface area contributed by atoms with E-state index in [1.807, 2.05) is 19.1 Å². The largest absolute Gasteiger partial charge is 0.492 e. The molecule has 0 aliphatic carbocycles. The van der Waals surface area contributed by atoms with Crippen molar-refractivity contribution in [3.05, 3.63) is 64.7 Å². The molecule has 166 valence electrons. The SMILES string of the molecule is C[C@H](NC(=O)C1(NCCOc2cccc(Cl)c2)CCOCC1)c1ccc(C(=O)O)cc1. The Hall–Kier alpha value is -2.61. The highest BCUT2D eigenvalue weighted by Gasteiger charge is 2.40. The Kier molecular flexibility index (Phi) is 7.90.